The molecule has 0 radical (unpaired) electrons. The predicted octanol–water partition coefficient (Wildman–Crippen LogP) is 0.289. The fraction of sp³-hybridized carbons (Fsp3) is 0.636. The molecule has 17 heavy (non-hydrogen) atoms. The Labute approximate surface area is 103 Å². The van der Waals surface area contributed by atoms with Crippen LogP contribution in [0.5, 0.6) is 0 Å². The SMILES string of the molecule is C=CCCNC(C)CCN(C)C(N)=NNC=N. The van der Waals surface area contributed by atoms with Crippen molar-refractivity contribution in [1.29, 1.82) is 5.41 Å². The third kappa shape index (κ3) is 8.27. The van der Waals surface area contributed by atoms with Crippen LogP contribution >= 0.6 is 0 Å². The maximum Gasteiger partial charge on any atom is 0.213 e. The first-order valence-corrected chi connectivity index (χ1v) is 5.74. The van der Waals surface area contributed by atoms with E-state index in [9.17, 15) is 0 Å². The number of hydrogen-bond acceptors (Lipinski definition) is 3. The Hall–Kier alpha value is -1.56. The van der Waals surface area contributed by atoms with E-state index < -0.39 is 0 Å². The first kappa shape index (κ1) is 15.4. The molecule has 6 heteroatoms. The molecule has 0 spiro atoms. The summed E-state index contributed by atoms with van der Waals surface area (Å²) in [6.45, 7) is 7.59. The number of hydrazone groups is 1. The summed E-state index contributed by atoms with van der Waals surface area (Å²) in [6.07, 6.45) is 4.85. The van der Waals surface area contributed by atoms with Gasteiger partial charge in [-0.1, -0.05) is 6.08 Å². The molecule has 1 atom stereocenters. The minimum Gasteiger partial charge on any atom is -0.368 e. The fourth-order valence-electron chi connectivity index (χ4n) is 1.22. The topological polar surface area (TPSA) is 89.5 Å². The van der Waals surface area contributed by atoms with Crippen LogP contribution in [-0.2, 0) is 0 Å². The van der Waals surface area contributed by atoms with Crippen LogP contribution in [-0.4, -0.2) is 43.4 Å². The Bertz CT molecular complexity index is 250. The molecule has 0 amide bonds. The van der Waals surface area contributed by atoms with Gasteiger partial charge in [0.05, 0.1) is 6.34 Å². The molecule has 0 bridgehead atoms. The summed E-state index contributed by atoms with van der Waals surface area (Å²) in [7, 11) is 1.88. The second kappa shape index (κ2) is 9.65. The van der Waals surface area contributed by atoms with Crippen molar-refractivity contribution in [3.05, 3.63) is 12.7 Å². The molecule has 0 aliphatic heterocycles. The summed E-state index contributed by atoms with van der Waals surface area (Å²) >= 11 is 0. The van der Waals surface area contributed by atoms with Crippen LogP contribution in [0.15, 0.2) is 17.8 Å². The summed E-state index contributed by atoms with van der Waals surface area (Å²) < 4.78 is 0. The van der Waals surface area contributed by atoms with E-state index in [0.717, 1.165) is 32.3 Å². The fourth-order valence-corrected chi connectivity index (χ4v) is 1.22. The molecule has 6 nitrogen and oxygen atoms in total. The minimum absolute atomic E-state index is 0.381. The number of hydrogen-bond donors (Lipinski definition) is 4. The standard InChI is InChI=1S/C11H24N6/c1-4-5-7-14-10(2)6-8-17(3)11(13)16-15-9-12/h4,9-10,14H,1,5-8H2,2-3H3,(H2,12,15)(H2,13,16). The monoisotopic (exact) mass is 240 g/mol. The molecule has 0 saturated carbocycles. The van der Waals surface area contributed by atoms with Crippen molar-refractivity contribution in [3.63, 3.8) is 0 Å². The molecule has 0 aliphatic carbocycles. The molecule has 98 valence electrons. The number of nitrogens with zero attached hydrogens (tertiary/aromatic N) is 2. The highest BCUT2D eigenvalue weighted by atomic mass is 15.4. The van der Waals surface area contributed by atoms with Crippen LogP contribution in [0.4, 0.5) is 0 Å². The van der Waals surface area contributed by atoms with Gasteiger partial charge < -0.3 is 16.0 Å². The summed E-state index contributed by atoms with van der Waals surface area (Å²) in [5.74, 6) is 0.381. The van der Waals surface area contributed by atoms with E-state index in [1.165, 1.54) is 0 Å². The van der Waals surface area contributed by atoms with Crippen molar-refractivity contribution < 1.29 is 0 Å². The summed E-state index contributed by atoms with van der Waals surface area (Å²) in [5, 5.41) is 13.9. The van der Waals surface area contributed by atoms with Gasteiger partial charge in [0.2, 0.25) is 5.96 Å². The summed E-state index contributed by atoms with van der Waals surface area (Å²) in [5.41, 5.74) is 8.08. The zero-order valence-electron chi connectivity index (χ0n) is 10.7. The first-order valence-electron chi connectivity index (χ1n) is 5.74. The van der Waals surface area contributed by atoms with E-state index in [4.69, 9.17) is 11.1 Å². The molecule has 5 N–H and O–H groups in total. The van der Waals surface area contributed by atoms with E-state index in [0.29, 0.717) is 12.0 Å². The zero-order valence-corrected chi connectivity index (χ0v) is 10.7. The molecule has 0 aromatic carbocycles. The number of rotatable bonds is 9. The van der Waals surface area contributed by atoms with Gasteiger partial charge in [0.1, 0.15) is 0 Å². The van der Waals surface area contributed by atoms with Crippen molar-refractivity contribution in [2.75, 3.05) is 20.1 Å². The Morgan fingerprint density at radius 1 is 1.65 bits per heavy atom. The van der Waals surface area contributed by atoms with Gasteiger partial charge >= 0.3 is 0 Å². The molecule has 0 rings (SSSR count). The van der Waals surface area contributed by atoms with Crippen LogP contribution in [0.2, 0.25) is 0 Å². The smallest absolute Gasteiger partial charge is 0.213 e. The second-order valence-electron chi connectivity index (χ2n) is 3.89. The average molecular weight is 240 g/mol. The van der Waals surface area contributed by atoms with Gasteiger partial charge in [-0.25, -0.2) is 0 Å². The second-order valence-corrected chi connectivity index (χ2v) is 3.89. The molecule has 0 aromatic rings. The van der Waals surface area contributed by atoms with E-state index in [1.54, 1.807) is 0 Å². The van der Waals surface area contributed by atoms with Gasteiger partial charge in [-0.05, 0) is 26.3 Å². The molecule has 0 saturated heterocycles. The van der Waals surface area contributed by atoms with Gasteiger partial charge in [0.25, 0.3) is 0 Å². The van der Waals surface area contributed by atoms with E-state index in [1.807, 2.05) is 18.0 Å². The van der Waals surface area contributed by atoms with E-state index >= 15 is 0 Å². The lowest BCUT2D eigenvalue weighted by atomic mass is 10.2. The van der Waals surface area contributed by atoms with Crippen LogP contribution < -0.4 is 16.5 Å². The highest BCUT2D eigenvalue weighted by Gasteiger charge is 2.05. The van der Waals surface area contributed by atoms with Crippen molar-refractivity contribution in [2.24, 2.45) is 10.8 Å². The summed E-state index contributed by atoms with van der Waals surface area (Å²) in [6, 6.07) is 0.431. The highest BCUT2D eigenvalue weighted by molar-refractivity contribution is 5.78. The largest absolute Gasteiger partial charge is 0.368 e. The number of nitrogens with two attached hydrogens (primary N) is 1. The minimum atomic E-state index is 0.381. The lowest BCUT2D eigenvalue weighted by Crippen LogP contribution is -2.39. The Morgan fingerprint density at radius 3 is 2.94 bits per heavy atom. The van der Waals surface area contributed by atoms with Crippen molar-refractivity contribution in [2.45, 2.75) is 25.8 Å². The van der Waals surface area contributed by atoms with Crippen LogP contribution in [0.25, 0.3) is 0 Å². The molecule has 0 aliphatic rings. The highest BCUT2D eigenvalue weighted by Crippen LogP contribution is 1.94. The Kier molecular flexibility index (Phi) is 8.77. The molecule has 0 aromatic heterocycles. The molecular weight excluding hydrogens is 216 g/mol. The third-order valence-electron chi connectivity index (χ3n) is 2.37. The van der Waals surface area contributed by atoms with Crippen molar-refractivity contribution in [3.8, 4) is 0 Å². The number of guanidine groups is 1. The molecule has 0 fully saturated rings. The summed E-state index contributed by atoms with van der Waals surface area (Å²) in [4.78, 5) is 1.85. The Morgan fingerprint density at radius 2 is 2.35 bits per heavy atom. The first-order chi connectivity index (χ1) is 8.11. The van der Waals surface area contributed by atoms with Gasteiger partial charge in [0.15, 0.2) is 0 Å². The molecule has 1 unspecified atom stereocenters. The lowest BCUT2D eigenvalue weighted by Gasteiger charge is -2.20. The van der Waals surface area contributed by atoms with Crippen LogP contribution in [0.3, 0.4) is 0 Å². The van der Waals surface area contributed by atoms with E-state index in [2.05, 4.69) is 29.3 Å². The Balaban J connectivity index is 3.77. The zero-order chi connectivity index (χ0) is 13.1. The van der Waals surface area contributed by atoms with Crippen molar-refractivity contribution in [1.82, 2.24) is 15.6 Å². The third-order valence-corrected chi connectivity index (χ3v) is 2.37. The normalized spacial score (nSPS) is 12.9. The predicted molar refractivity (Wildman–Crippen MR) is 73.1 cm³/mol. The van der Waals surface area contributed by atoms with Gasteiger partial charge in [-0.15, -0.1) is 11.7 Å². The molecular formula is C11H24N6. The quantitative estimate of drug-likeness (QED) is 0.153. The number of nitrogens with one attached hydrogen (secondary N) is 3. The maximum atomic E-state index is 6.77. The van der Waals surface area contributed by atoms with E-state index in [-0.39, 0.29) is 0 Å². The van der Waals surface area contributed by atoms with Crippen LogP contribution in [0.1, 0.15) is 19.8 Å². The molecule has 0 heterocycles. The average Bonchev–Trinajstić information content (AvgIpc) is 2.33. The van der Waals surface area contributed by atoms with Gasteiger partial charge in [0, 0.05) is 19.6 Å². The van der Waals surface area contributed by atoms with Gasteiger partial charge in [-0.2, -0.15) is 0 Å². The van der Waals surface area contributed by atoms with Crippen molar-refractivity contribution >= 4 is 12.3 Å². The maximum absolute atomic E-state index is 6.77. The van der Waals surface area contributed by atoms with Crippen LogP contribution in [0, 0.1) is 5.41 Å². The lowest BCUT2D eigenvalue weighted by molar-refractivity contribution is 0.422. The van der Waals surface area contributed by atoms with Gasteiger partial charge in [-0.3, -0.25) is 10.8 Å².